The fraction of sp³-hybridized carbons (Fsp3) is 0.647. The fourth-order valence-corrected chi connectivity index (χ4v) is 3.40. The van der Waals surface area contributed by atoms with E-state index in [0.717, 1.165) is 12.1 Å². The van der Waals surface area contributed by atoms with E-state index >= 15 is 0 Å². The maximum absolute atomic E-state index is 10.5. The van der Waals surface area contributed by atoms with Crippen LogP contribution in [0.25, 0.3) is 0 Å². The molecule has 1 aliphatic rings. The summed E-state index contributed by atoms with van der Waals surface area (Å²) in [5.41, 5.74) is 3.53. The Labute approximate surface area is 117 Å². The molecule has 1 aromatic carbocycles. The molecule has 3 atom stereocenters. The Hall–Kier alpha value is -0.860. The summed E-state index contributed by atoms with van der Waals surface area (Å²) in [6.45, 7) is 9.48. The molecule has 2 rings (SSSR count). The summed E-state index contributed by atoms with van der Waals surface area (Å²) in [5.74, 6) is 0. The zero-order valence-electron chi connectivity index (χ0n) is 12.7. The van der Waals surface area contributed by atoms with Gasteiger partial charge < -0.3 is 5.11 Å². The molecule has 1 aliphatic heterocycles. The van der Waals surface area contributed by atoms with E-state index in [4.69, 9.17) is 0 Å². The molecule has 1 saturated heterocycles. The van der Waals surface area contributed by atoms with Gasteiger partial charge in [-0.05, 0) is 45.6 Å². The minimum Gasteiger partial charge on any atom is -0.387 e. The first-order valence-electron chi connectivity index (χ1n) is 7.53. The summed E-state index contributed by atoms with van der Waals surface area (Å²) in [5, 5.41) is 10.5. The van der Waals surface area contributed by atoms with E-state index < -0.39 is 0 Å². The number of aryl methyl sites for hydroxylation is 2. The van der Waals surface area contributed by atoms with Crippen molar-refractivity contribution in [2.24, 2.45) is 0 Å². The summed E-state index contributed by atoms with van der Waals surface area (Å²) in [6, 6.07) is 7.63. The van der Waals surface area contributed by atoms with Crippen molar-refractivity contribution in [3.05, 3.63) is 34.9 Å². The van der Waals surface area contributed by atoms with Crippen molar-refractivity contribution in [1.29, 1.82) is 0 Å². The first kappa shape index (κ1) is 14.5. The predicted molar refractivity (Wildman–Crippen MR) is 80.4 cm³/mol. The molecular weight excluding hydrogens is 234 g/mol. The highest BCUT2D eigenvalue weighted by molar-refractivity contribution is 5.30. The number of aliphatic hydroxyl groups excluding tert-OH is 1. The van der Waals surface area contributed by atoms with Gasteiger partial charge in [0.1, 0.15) is 0 Å². The van der Waals surface area contributed by atoms with Crippen molar-refractivity contribution >= 4 is 0 Å². The Kier molecular flexibility index (Phi) is 4.64. The number of benzene rings is 1. The smallest absolute Gasteiger partial charge is 0.0917 e. The Morgan fingerprint density at radius 2 is 1.84 bits per heavy atom. The summed E-state index contributed by atoms with van der Waals surface area (Å²) in [7, 11) is 0. The quantitative estimate of drug-likeness (QED) is 0.895. The molecule has 0 radical (unpaired) electrons. The minimum atomic E-state index is -0.367. The van der Waals surface area contributed by atoms with Gasteiger partial charge in [-0.25, -0.2) is 0 Å². The normalized spacial score (nSPS) is 25.7. The first-order chi connectivity index (χ1) is 9.01. The highest BCUT2D eigenvalue weighted by atomic mass is 16.3. The third kappa shape index (κ3) is 3.37. The third-order valence-corrected chi connectivity index (χ3v) is 4.44. The van der Waals surface area contributed by atoms with Crippen LogP contribution in [-0.2, 0) is 0 Å². The van der Waals surface area contributed by atoms with Gasteiger partial charge in [0, 0.05) is 18.6 Å². The molecule has 1 aromatic rings. The molecule has 0 bridgehead atoms. The van der Waals surface area contributed by atoms with Crippen LogP contribution in [0.5, 0.6) is 0 Å². The lowest BCUT2D eigenvalue weighted by atomic mass is 10.0. The number of aliphatic hydroxyl groups is 1. The van der Waals surface area contributed by atoms with Gasteiger partial charge in [-0.15, -0.1) is 0 Å². The zero-order chi connectivity index (χ0) is 14.0. The number of hydrogen-bond acceptors (Lipinski definition) is 2. The van der Waals surface area contributed by atoms with Crippen molar-refractivity contribution in [3.63, 3.8) is 0 Å². The van der Waals surface area contributed by atoms with Crippen molar-refractivity contribution in [3.8, 4) is 0 Å². The van der Waals surface area contributed by atoms with Crippen LogP contribution in [-0.4, -0.2) is 28.6 Å². The maximum atomic E-state index is 10.5. The number of likely N-dealkylation sites (tertiary alicyclic amines) is 1. The van der Waals surface area contributed by atoms with Crippen LogP contribution in [0, 0.1) is 13.8 Å². The van der Waals surface area contributed by atoms with E-state index in [1.54, 1.807) is 0 Å². The van der Waals surface area contributed by atoms with Gasteiger partial charge in [0.25, 0.3) is 0 Å². The lowest BCUT2D eigenvalue weighted by molar-refractivity contribution is 0.0859. The van der Waals surface area contributed by atoms with Crippen molar-refractivity contribution in [1.82, 2.24) is 4.90 Å². The SMILES string of the molecule is CCC1CCC(C)N1CC(O)c1cc(C)cc(C)c1. The van der Waals surface area contributed by atoms with E-state index in [2.05, 4.69) is 50.8 Å². The average Bonchev–Trinajstić information content (AvgIpc) is 2.69. The van der Waals surface area contributed by atoms with Crippen molar-refractivity contribution < 1.29 is 5.11 Å². The molecule has 0 aromatic heterocycles. The molecule has 1 N–H and O–H groups in total. The standard InChI is InChI=1S/C17H27NO/c1-5-16-7-6-14(4)18(16)11-17(19)15-9-12(2)8-13(3)10-15/h8-10,14,16-17,19H,5-7,11H2,1-4H3. The minimum absolute atomic E-state index is 0.367. The highest BCUT2D eigenvalue weighted by Gasteiger charge is 2.30. The van der Waals surface area contributed by atoms with Gasteiger partial charge in [-0.2, -0.15) is 0 Å². The van der Waals surface area contributed by atoms with E-state index in [1.807, 2.05) is 0 Å². The first-order valence-corrected chi connectivity index (χ1v) is 7.53. The Balaban J connectivity index is 2.09. The second-order valence-electron chi connectivity index (χ2n) is 6.12. The molecule has 0 aliphatic carbocycles. The van der Waals surface area contributed by atoms with Crippen LogP contribution < -0.4 is 0 Å². The molecule has 1 fully saturated rings. The summed E-state index contributed by atoms with van der Waals surface area (Å²) in [4.78, 5) is 2.49. The maximum Gasteiger partial charge on any atom is 0.0917 e. The van der Waals surface area contributed by atoms with E-state index in [9.17, 15) is 5.11 Å². The van der Waals surface area contributed by atoms with E-state index in [-0.39, 0.29) is 6.10 Å². The second kappa shape index (κ2) is 6.06. The van der Waals surface area contributed by atoms with Crippen LogP contribution in [0.4, 0.5) is 0 Å². The van der Waals surface area contributed by atoms with Crippen LogP contribution in [0.2, 0.25) is 0 Å². The van der Waals surface area contributed by atoms with E-state index in [1.165, 1.54) is 30.4 Å². The lowest BCUT2D eigenvalue weighted by Gasteiger charge is -2.30. The predicted octanol–water partition coefficient (Wildman–Crippen LogP) is 3.60. The van der Waals surface area contributed by atoms with Gasteiger partial charge in [-0.3, -0.25) is 4.90 Å². The molecule has 2 heteroatoms. The lowest BCUT2D eigenvalue weighted by Crippen LogP contribution is -2.37. The van der Waals surface area contributed by atoms with Gasteiger partial charge >= 0.3 is 0 Å². The average molecular weight is 261 g/mol. The van der Waals surface area contributed by atoms with E-state index in [0.29, 0.717) is 12.1 Å². The molecule has 3 unspecified atom stereocenters. The molecule has 2 nitrogen and oxygen atoms in total. The molecular formula is C17H27NO. The largest absolute Gasteiger partial charge is 0.387 e. The van der Waals surface area contributed by atoms with Crippen molar-refractivity contribution in [2.75, 3.05) is 6.54 Å². The molecule has 0 amide bonds. The molecule has 19 heavy (non-hydrogen) atoms. The van der Waals surface area contributed by atoms with Gasteiger partial charge in [0.05, 0.1) is 6.10 Å². The van der Waals surface area contributed by atoms with Crippen LogP contribution >= 0.6 is 0 Å². The van der Waals surface area contributed by atoms with Crippen LogP contribution in [0.15, 0.2) is 18.2 Å². The molecule has 0 spiro atoms. The second-order valence-corrected chi connectivity index (χ2v) is 6.12. The number of β-amino-alcohol motifs (C(OH)–C–C–N with tert-alkyl or cyclic N) is 1. The molecule has 1 heterocycles. The van der Waals surface area contributed by atoms with Gasteiger partial charge in [0.2, 0.25) is 0 Å². The number of hydrogen-bond donors (Lipinski definition) is 1. The molecule has 0 saturated carbocycles. The zero-order valence-corrected chi connectivity index (χ0v) is 12.7. The Morgan fingerprint density at radius 3 is 2.42 bits per heavy atom. The van der Waals surface area contributed by atoms with Crippen LogP contribution in [0.3, 0.4) is 0 Å². The summed E-state index contributed by atoms with van der Waals surface area (Å²) >= 11 is 0. The van der Waals surface area contributed by atoms with Gasteiger partial charge in [0.15, 0.2) is 0 Å². The summed E-state index contributed by atoms with van der Waals surface area (Å²) in [6.07, 6.45) is 3.35. The topological polar surface area (TPSA) is 23.5 Å². The number of nitrogens with zero attached hydrogens (tertiary/aromatic N) is 1. The van der Waals surface area contributed by atoms with Crippen LogP contribution in [0.1, 0.15) is 55.9 Å². The van der Waals surface area contributed by atoms with Gasteiger partial charge in [-0.1, -0.05) is 36.2 Å². The molecule has 106 valence electrons. The number of rotatable bonds is 4. The monoisotopic (exact) mass is 261 g/mol. The Bertz CT molecular complexity index is 409. The highest BCUT2D eigenvalue weighted by Crippen LogP contribution is 2.29. The fourth-order valence-electron chi connectivity index (χ4n) is 3.40. The Morgan fingerprint density at radius 1 is 1.21 bits per heavy atom. The summed E-state index contributed by atoms with van der Waals surface area (Å²) < 4.78 is 0. The third-order valence-electron chi connectivity index (χ3n) is 4.44. The van der Waals surface area contributed by atoms with Crippen molar-refractivity contribution in [2.45, 2.75) is 65.1 Å².